The minimum Gasteiger partial charge on any atom is -0.504 e. The highest BCUT2D eigenvalue weighted by atomic mass is 79.9. The third-order valence-electron chi connectivity index (χ3n) is 3.64. The Balaban J connectivity index is 2.06. The topological polar surface area (TPSA) is 123 Å². The van der Waals surface area contributed by atoms with Crippen molar-refractivity contribution in [2.75, 3.05) is 13.7 Å². The van der Waals surface area contributed by atoms with Gasteiger partial charge in [-0.2, -0.15) is 5.10 Å². The Morgan fingerprint density at radius 3 is 2.68 bits per heavy atom. The number of hydrogen-bond acceptors (Lipinski definition) is 7. The molecule has 0 saturated heterocycles. The number of nitrogens with one attached hydrogen (secondary N) is 1. The lowest BCUT2D eigenvalue weighted by Crippen LogP contribution is -2.25. The van der Waals surface area contributed by atoms with Gasteiger partial charge in [0.1, 0.15) is 5.75 Å². The number of phenols is 1. The molecule has 0 bridgehead atoms. The highest BCUT2D eigenvalue weighted by Gasteiger charge is 2.23. The van der Waals surface area contributed by atoms with E-state index in [1.165, 1.54) is 19.2 Å². The van der Waals surface area contributed by atoms with Crippen molar-refractivity contribution in [3.63, 3.8) is 0 Å². The van der Waals surface area contributed by atoms with Crippen LogP contribution in [0.5, 0.6) is 17.2 Å². The number of amides is 1. The van der Waals surface area contributed by atoms with E-state index >= 15 is 0 Å². The number of nitrogens with zero attached hydrogens (tertiary/aromatic N) is 2. The molecule has 148 valence electrons. The summed E-state index contributed by atoms with van der Waals surface area (Å²) in [6, 6.07) is 6.31. The van der Waals surface area contributed by atoms with Crippen LogP contribution in [0.25, 0.3) is 0 Å². The van der Waals surface area contributed by atoms with E-state index in [0.717, 1.165) is 21.8 Å². The Labute approximate surface area is 169 Å². The first-order valence-corrected chi connectivity index (χ1v) is 8.79. The van der Waals surface area contributed by atoms with Crippen LogP contribution < -0.4 is 14.9 Å². The third kappa shape index (κ3) is 4.97. The fourth-order valence-electron chi connectivity index (χ4n) is 2.50. The predicted molar refractivity (Wildman–Crippen MR) is 106 cm³/mol. The molecule has 2 aromatic carbocycles. The van der Waals surface area contributed by atoms with E-state index in [1.54, 1.807) is 0 Å². The SMILES string of the molecule is COc1c(O)ccc(C=NNC(=O)COc2c(C)cc(C)cc2Br)c1[N+](=O)[O-]. The third-order valence-corrected chi connectivity index (χ3v) is 4.23. The van der Waals surface area contributed by atoms with Gasteiger partial charge >= 0.3 is 5.69 Å². The standard InChI is InChI=1S/C18H18BrN3O6/c1-10-6-11(2)17(13(19)7-10)28-9-15(24)21-20-8-12-4-5-14(23)18(27-3)16(12)22(25)26/h4-8,23H,9H2,1-3H3,(H,21,24). The second-order valence-corrected chi connectivity index (χ2v) is 6.64. The lowest BCUT2D eigenvalue weighted by molar-refractivity contribution is -0.386. The summed E-state index contributed by atoms with van der Waals surface area (Å²) < 4.78 is 11.1. The number of ether oxygens (including phenoxy) is 2. The molecule has 28 heavy (non-hydrogen) atoms. The molecule has 2 N–H and O–H groups in total. The zero-order chi connectivity index (χ0) is 20.8. The van der Waals surface area contributed by atoms with E-state index in [-0.39, 0.29) is 23.7 Å². The molecule has 0 fully saturated rings. The van der Waals surface area contributed by atoms with Crippen molar-refractivity contribution in [2.45, 2.75) is 13.8 Å². The first-order valence-electron chi connectivity index (χ1n) is 8.00. The van der Waals surface area contributed by atoms with Crippen molar-refractivity contribution in [1.29, 1.82) is 0 Å². The number of aromatic hydroxyl groups is 1. The molecule has 0 saturated carbocycles. The molecule has 0 aromatic heterocycles. The minimum absolute atomic E-state index is 0.0537. The number of rotatable bonds is 7. The molecule has 2 rings (SSSR count). The largest absolute Gasteiger partial charge is 0.504 e. The van der Waals surface area contributed by atoms with E-state index in [4.69, 9.17) is 9.47 Å². The summed E-state index contributed by atoms with van der Waals surface area (Å²) in [5.74, 6) is -0.661. The summed E-state index contributed by atoms with van der Waals surface area (Å²) in [7, 11) is 1.20. The average molecular weight is 452 g/mol. The normalized spacial score (nSPS) is 10.7. The summed E-state index contributed by atoms with van der Waals surface area (Å²) in [5.41, 5.74) is 3.75. The van der Waals surface area contributed by atoms with E-state index < -0.39 is 16.5 Å². The van der Waals surface area contributed by atoms with Gasteiger partial charge in [0.15, 0.2) is 12.4 Å². The summed E-state index contributed by atoms with van der Waals surface area (Å²) >= 11 is 3.39. The molecule has 0 atom stereocenters. The molecule has 0 heterocycles. The number of methoxy groups -OCH3 is 1. The first kappa shape index (κ1) is 21.2. The van der Waals surface area contributed by atoms with Crippen LogP contribution in [-0.4, -0.2) is 35.9 Å². The van der Waals surface area contributed by atoms with Crippen LogP contribution in [-0.2, 0) is 4.79 Å². The quantitative estimate of drug-likeness (QED) is 0.378. The highest BCUT2D eigenvalue weighted by Crippen LogP contribution is 2.37. The second kappa shape index (κ2) is 9.18. The van der Waals surface area contributed by atoms with Gasteiger partial charge in [0.25, 0.3) is 5.91 Å². The first-order chi connectivity index (χ1) is 13.2. The predicted octanol–water partition coefficient (Wildman–Crippen LogP) is 3.22. The van der Waals surface area contributed by atoms with E-state index in [1.807, 2.05) is 26.0 Å². The monoisotopic (exact) mass is 451 g/mol. The van der Waals surface area contributed by atoms with Gasteiger partial charge in [-0.1, -0.05) is 6.07 Å². The number of hydrazone groups is 1. The van der Waals surface area contributed by atoms with Gasteiger partial charge in [-0.15, -0.1) is 0 Å². The molecule has 0 aliphatic rings. The van der Waals surface area contributed by atoms with Crippen molar-refractivity contribution >= 4 is 33.7 Å². The highest BCUT2D eigenvalue weighted by molar-refractivity contribution is 9.10. The van der Waals surface area contributed by atoms with Crippen LogP contribution >= 0.6 is 15.9 Å². The fraction of sp³-hybridized carbons (Fsp3) is 0.222. The summed E-state index contributed by atoms with van der Waals surface area (Å²) in [4.78, 5) is 22.5. The Morgan fingerprint density at radius 1 is 1.36 bits per heavy atom. The summed E-state index contributed by atoms with van der Waals surface area (Å²) in [6.07, 6.45) is 1.09. The van der Waals surface area contributed by atoms with E-state index in [0.29, 0.717) is 5.75 Å². The number of carbonyl (C=O) groups is 1. The Kier molecular flexibility index (Phi) is 6.94. The molecule has 2 aromatic rings. The Hall–Kier alpha value is -3.14. The van der Waals surface area contributed by atoms with Crippen molar-refractivity contribution in [1.82, 2.24) is 5.43 Å². The van der Waals surface area contributed by atoms with Crippen LogP contribution in [0.1, 0.15) is 16.7 Å². The Bertz CT molecular complexity index is 922. The maximum absolute atomic E-state index is 11.9. The molecule has 0 aliphatic carbocycles. The number of aryl methyl sites for hydroxylation is 2. The zero-order valence-corrected chi connectivity index (χ0v) is 16.9. The van der Waals surface area contributed by atoms with Gasteiger partial charge in [-0.25, -0.2) is 5.43 Å². The number of nitro groups is 1. The van der Waals surface area contributed by atoms with E-state index in [9.17, 15) is 20.0 Å². The van der Waals surface area contributed by atoms with Crippen LogP contribution in [0, 0.1) is 24.0 Å². The number of hydrogen-bond donors (Lipinski definition) is 2. The molecule has 0 radical (unpaired) electrons. The van der Waals surface area contributed by atoms with Gasteiger partial charge < -0.3 is 14.6 Å². The molecular formula is C18H18BrN3O6. The van der Waals surface area contributed by atoms with Crippen molar-refractivity contribution in [3.05, 3.63) is 55.5 Å². The summed E-state index contributed by atoms with van der Waals surface area (Å²) in [5, 5.41) is 24.6. The van der Waals surface area contributed by atoms with Crippen molar-refractivity contribution < 1.29 is 24.3 Å². The molecule has 0 spiro atoms. The average Bonchev–Trinajstić information content (AvgIpc) is 2.61. The molecule has 1 amide bonds. The van der Waals surface area contributed by atoms with E-state index in [2.05, 4.69) is 26.5 Å². The zero-order valence-electron chi connectivity index (χ0n) is 15.4. The van der Waals surface area contributed by atoms with Gasteiger partial charge in [0.2, 0.25) is 5.75 Å². The van der Waals surface area contributed by atoms with Crippen LogP contribution in [0.4, 0.5) is 5.69 Å². The number of phenolic OH excluding ortho intramolecular Hbond substituents is 1. The van der Waals surface area contributed by atoms with Crippen molar-refractivity contribution in [2.24, 2.45) is 5.10 Å². The molecule has 0 aliphatic heterocycles. The van der Waals surface area contributed by atoms with Gasteiger partial charge in [-0.3, -0.25) is 14.9 Å². The summed E-state index contributed by atoms with van der Waals surface area (Å²) in [6.45, 7) is 3.52. The fourth-order valence-corrected chi connectivity index (χ4v) is 3.29. The van der Waals surface area contributed by atoms with Gasteiger partial charge in [0.05, 0.1) is 28.3 Å². The van der Waals surface area contributed by atoms with Crippen LogP contribution in [0.2, 0.25) is 0 Å². The number of benzene rings is 2. The smallest absolute Gasteiger partial charge is 0.323 e. The van der Waals surface area contributed by atoms with Crippen LogP contribution in [0.3, 0.4) is 0 Å². The molecule has 10 heteroatoms. The van der Waals surface area contributed by atoms with Gasteiger partial charge in [-0.05, 0) is 59.1 Å². The maximum atomic E-state index is 11.9. The maximum Gasteiger partial charge on any atom is 0.323 e. The lowest BCUT2D eigenvalue weighted by atomic mass is 10.1. The number of carbonyl (C=O) groups excluding carboxylic acids is 1. The molecule has 0 unspecified atom stereocenters. The van der Waals surface area contributed by atoms with Gasteiger partial charge in [0, 0.05) is 0 Å². The van der Waals surface area contributed by atoms with Crippen molar-refractivity contribution in [3.8, 4) is 17.2 Å². The number of nitro benzene ring substituents is 1. The Morgan fingerprint density at radius 2 is 2.07 bits per heavy atom. The lowest BCUT2D eigenvalue weighted by Gasteiger charge is -2.11. The second-order valence-electron chi connectivity index (χ2n) is 5.79. The van der Waals surface area contributed by atoms with Crippen LogP contribution in [0.15, 0.2) is 33.8 Å². The number of halogens is 1. The molecule has 9 nitrogen and oxygen atoms in total. The minimum atomic E-state index is -0.706. The molecular weight excluding hydrogens is 434 g/mol.